The number of ether oxygens (including phenoxy) is 4. The predicted octanol–water partition coefficient (Wildman–Crippen LogP) is 1.90. The van der Waals surface area contributed by atoms with Gasteiger partial charge in [-0.1, -0.05) is 6.07 Å². The van der Waals surface area contributed by atoms with Gasteiger partial charge in [-0.2, -0.15) is 0 Å². The maximum absolute atomic E-state index is 11.9. The molecule has 7 nitrogen and oxygen atoms in total. The first-order chi connectivity index (χ1) is 12.5. The minimum atomic E-state index is -0.576. The van der Waals surface area contributed by atoms with E-state index in [0.717, 1.165) is 5.56 Å². The van der Waals surface area contributed by atoms with Crippen molar-refractivity contribution in [3.8, 4) is 11.5 Å². The second-order valence-electron chi connectivity index (χ2n) is 6.01. The van der Waals surface area contributed by atoms with Gasteiger partial charge in [0.05, 0.1) is 26.4 Å². The Morgan fingerprint density at radius 2 is 1.96 bits per heavy atom. The lowest BCUT2D eigenvalue weighted by molar-refractivity contribution is -0.150. The van der Waals surface area contributed by atoms with Crippen molar-refractivity contribution in [2.24, 2.45) is 0 Å². The summed E-state index contributed by atoms with van der Waals surface area (Å²) in [6.07, 6.45) is 2.91. The maximum atomic E-state index is 11.9. The fourth-order valence-electron chi connectivity index (χ4n) is 2.39. The monoisotopic (exact) mass is 363 g/mol. The quantitative estimate of drug-likeness (QED) is 0.544. The van der Waals surface area contributed by atoms with Crippen LogP contribution >= 0.6 is 0 Å². The molecule has 0 spiro atoms. The van der Waals surface area contributed by atoms with E-state index in [-0.39, 0.29) is 18.6 Å². The van der Waals surface area contributed by atoms with Gasteiger partial charge in [0.25, 0.3) is 5.91 Å². The van der Waals surface area contributed by atoms with Gasteiger partial charge in [-0.25, -0.2) is 4.79 Å². The molecule has 1 saturated heterocycles. The average molecular weight is 363 g/mol. The molecule has 1 heterocycles. The molecule has 0 unspecified atom stereocenters. The molecule has 1 fully saturated rings. The van der Waals surface area contributed by atoms with Gasteiger partial charge in [0.2, 0.25) is 0 Å². The third kappa shape index (κ3) is 6.07. The van der Waals surface area contributed by atoms with Gasteiger partial charge in [0.15, 0.2) is 18.1 Å². The summed E-state index contributed by atoms with van der Waals surface area (Å²) in [5.74, 6) is 0.426. The van der Waals surface area contributed by atoms with Gasteiger partial charge in [-0.3, -0.25) is 4.79 Å². The molecule has 142 valence electrons. The molecule has 1 aliphatic rings. The van der Waals surface area contributed by atoms with Gasteiger partial charge < -0.3 is 23.8 Å². The number of hydrogen-bond donors (Lipinski definition) is 0. The Labute approximate surface area is 153 Å². The number of rotatable bonds is 7. The lowest BCUT2D eigenvalue weighted by Crippen LogP contribution is -2.42. The molecule has 0 radical (unpaired) electrons. The number of hydrogen-bond acceptors (Lipinski definition) is 6. The second kappa shape index (κ2) is 9.82. The van der Waals surface area contributed by atoms with Gasteiger partial charge in [-0.05, 0) is 37.6 Å². The Bertz CT molecular complexity index is 649. The Morgan fingerprint density at radius 1 is 1.23 bits per heavy atom. The minimum Gasteiger partial charge on any atom is -0.493 e. The van der Waals surface area contributed by atoms with E-state index in [1.165, 1.54) is 6.08 Å². The van der Waals surface area contributed by atoms with Crippen LogP contribution in [0, 0.1) is 0 Å². The van der Waals surface area contributed by atoms with Crippen molar-refractivity contribution < 1.29 is 28.5 Å². The third-order valence-electron chi connectivity index (χ3n) is 3.66. The first-order valence-corrected chi connectivity index (χ1v) is 8.54. The smallest absolute Gasteiger partial charge is 0.331 e. The van der Waals surface area contributed by atoms with Gasteiger partial charge in [0.1, 0.15) is 0 Å². The molecule has 1 aromatic carbocycles. The van der Waals surface area contributed by atoms with E-state index >= 15 is 0 Å². The van der Waals surface area contributed by atoms with Crippen LogP contribution in [0.1, 0.15) is 19.4 Å². The largest absolute Gasteiger partial charge is 0.493 e. The molecule has 0 saturated carbocycles. The van der Waals surface area contributed by atoms with Crippen LogP contribution in [0.15, 0.2) is 24.3 Å². The molecule has 1 aliphatic heterocycles. The Morgan fingerprint density at radius 3 is 2.62 bits per heavy atom. The molecule has 26 heavy (non-hydrogen) atoms. The van der Waals surface area contributed by atoms with Crippen LogP contribution in [0.25, 0.3) is 6.08 Å². The van der Waals surface area contributed by atoms with E-state index in [1.807, 2.05) is 19.9 Å². The van der Waals surface area contributed by atoms with Crippen LogP contribution < -0.4 is 9.47 Å². The number of nitrogens with zero attached hydrogens (tertiary/aromatic N) is 1. The van der Waals surface area contributed by atoms with Crippen LogP contribution in [0.3, 0.4) is 0 Å². The average Bonchev–Trinajstić information content (AvgIpc) is 2.65. The summed E-state index contributed by atoms with van der Waals surface area (Å²) in [7, 11) is 1.56. The number of carbonyl (C=O) groups is 2. The molecule has 0 aromatic heterocycles. The summed E-state index contributed by atoms with van der Waals surface area (Å²) < 4.78 is 21.1. The molecule has 0 N–H and O–H groups in total. The highest BCUT2D eigenvalue weighted by atomic mass is 16.5. The highest BCUT2D eigenvalue weighted by Gasteiger charge is 2.17. The SMILES string of the molecule is COc1cc(/C=C/C(=O)OCC(=O)N2CCOCC2)ccc1OC(C)C. The summed E-state index contributed by atoms with van der Waals surface area (Å²) in [5, 5.41) is 0. The molecule has 0 aliphatic carbocycles. The fraction of sp³-hybridized carbons (Fsp3) is 0.474. The molecular formula is C19H25NO6. The summed E-state index contributed by atoms with van der Waals surface area (Å²) in [6.45, 7) is 5.67. The molecule has 7 heteroatoms. The zero-order chi connectivity index (χ0) is 18.9. The van der Waals surface area contributed by atoms with E-state index in [2.05, 4.69) is 0 Å². The number of esters is 1. The van der Waals surface area contributed by atoms with Crippen molar-refractivity contribution in [1.82, 2.24) is 4.90 Å². The second-order valence-corrected chi connectivity index (χ2v) is 6.01. The predicted molar refractivity (Wildman–Crippen MR) is 96.2 cm³/mol. The van der Waals surface area contributed by atoms with Crippen LogP contribution in [0.2, 0.25) is 0 Å². The zero-order valence-electron chi connectivity index (χ0n) is 15.4. The number of benzene rings is 1. The molecular weight excluding hydrogens is 338 g/mol. The lowest BCUT2D eigenvalue weighted by Gasteiger charge is -2.26. The standard InChI is InChI=1S/C19H25NO6/c1-14(2)26-16-6-4-15(12-17(16)23-3)5-7-19(22)25-13-18(21)20-8-10-24-11-9-20/h4-7,12,14H,8-11,13H2,1-3H3/b7-5+. The number of morpholine rings is 1. The normalized spacial score (nSPS) is 14.5. The Kier molecular flexibility index (Phi) is 7.47. The topological polar surface area (TPSA) is 74.3 Å². The highest BCUT2D eigenvalue weighted by Crippen LogP contribution is 2.29. The molecule has 2 rings (SSSR count). The molecule has 0 atom stereocenters. The first kappa shape index (κ1) is 19.8. The van der Waals surface area contributed by atoms with E-state index < -0.39 is 5.97 Å². The van der Waals surface area contributed by atoms with E-state index in [9.17, 15) is 9.59 Å². The van der Waals surface area contributed by atoms with Crippen LogP contribution in [-0.4, -0.2) is 62.9 Å². The fourth-order valence-corrected chi connectivity index (χ4v) is 2.39. The van der Waals surface area contributed by atoms with Crippen LogP contribution in [-0.2, 0) is 19.1 Å². The van der Waals surface area contributed by atoms with Crippen LogP contribution in [0.5, 0.6) is 11.5 Å². The maximum Gasteiger partial charge on any atom is 0.331 e. The lowest BCUT2D eigenvalue weighted by atomic mass is 10.2. The third-order valence-corrected chi connectivity index (χ3v) is 3.66. The molecule has 1 aromatic rings. The Hall–Kier alpha value is -2.54. The van der Waals surface area contributed by atoms with Crippen molar-refractivity contribution in [2.75, 3.05) is 40.0 Å². The molecule has 0 bridgehead atoms. The molecule has 1 amide bonds. The van der Waals surface area contributed by atoms with E-state index in [1.54, 1.807) is 30.2 Å². The number of amides is 1. The first-order valence-electron chi connectivity index (χ1n) is 8.54. The van der Waals surface area contributed by atoms with Gasteiger partial charge in [-0.15, -0.1) is 0 Å². The Balaban J connectivity index is 1.87. The summed E-state index contributed by atoms with van der Waals surface area (Å²) in [5.41, 5.74) is 0.759. The zero-order valence-corrected chi connectivity index (χ0v) is 15.4. The van der Waals surface area contributed by atoms with E-state index in [4.69, 9.17) is 18.9 Å². The summed E-state index contributed by atoms with van der Waals surface area (Å²) >= 11 is 0. The van der Waals surface area contributed by atoms with Gasteiger partial charge in [0, 0.05) is 19.2 Å². The van der Waals surface area contributed by atoms with Crippen molar-refractivity contribution in [2.45, 2.75) is 20.0 Å². The van der Waals surface area contributed by atoms with E-state index in [0.29, 0.717) is 37.8 Å². The van der Waals surface area contributed by atoms with Crippen molar-refractivity contribution >= 4 is 18.0 Å². The van der Waals surface area contributed by atoms with Gasteiger partial charge >= 0.3 is 5.97 Å². The van der Waals surface area contributed by atoms with Crippen LogP contribution in [0.4, 0.5) is 0 Å². The number of methoxy groups -OCH3 is 1. The summed E-state index contributed by atoms with van der Waals surface area (Å²) in [4.78, 5) is 25.4. The minimum absolute atomic E-state index is 0.0317. The highest BCUT2D eigenvalue weighted by molar-refractivity contribution is 5.89. The summed E-state index contributed by atoms with van der Waals surface area (Å²) in [6, 6.07) is 5.36. The number of carbonyl (C=O) groups excluding carboxylic acids is 2. The van der Waals surface area contributed by atoms with Crippen molar-refractivity contribution in [3.63, 3.8) is 0 Å². The van der Waals surface area contributed by atoms with Crippen molar-refractivity contribution in [1.29, 1.82) is 0 Å². The van der Waals surface area contributed by atoms with Crippen molar-refractivity contribution in [3.05, 3.63) is 29.8 Å².